The summed E-state index contributed by atoms with van der Waals surface area (Å²) in [4.78, 5) is 0. The number of rotatable bonds is 6. The summed E-state index contributed by atoms with van der Waals surface area (Å²) >= 11 is 0. The Morgan fingerprint density at radius 3 is 2.24 bits per heavy atom. The van der Waals surface area contributed by atoms with E-state index in [0.717, 1.165) is 16.1 Å². The molecule has 0 spiro atoms. The van der Waals surface area contributed by atoms with Gasteiger partial charge in [0.05, 0.1) is 6.20 Å². The van der Waals surface area contributed by atoms with Crippen LogP contribution < -0.4 is 18.5 Å². The van der Waals surface area contributed by atoms with E-state index >= 15 is 0 Å². The molecule has 0 atom stereocenters. The van der Waals surface area contributed by atoms with Gasteiger partial charge in [-0.3, -0.25) is 0 Å². The predicted octanol–water partition coefficient (Wildman–Crippen LogP) is 4.07. The highest BCUT2D eigenvalue weighted by Gasteiger charge is 2.31. The van der Waals surface area contributed by atoms with Crippen LogP contribution in [0.15, 0.2) is 90.9 Å². The molecule has 1 aliphatic heterocycles. The number of ether oxygens (including phenoxy) is 2. The number of aliphatic hydroxyl groups is 1. The summed E-state index contributed by atoms with van der Waals surface area (Å²) in [5.41, 5.74) is 1.17. The second kappa shape index (κ2) is 7.76. The zero-order valence-corrected chi connectivity index (χ0v) is 16.0. The van der Waals surface area contributed by atoms with E-state index in [4.69, 9.17) is 9.47 Å². The van der Waals surface area contributed by atoms with Gasteiger partial charge in [0.25, 0.3) is 0 Å². The first-order valence-electron chi connectivity index (χ1n) is 8.78. The van der Waals surface area contributed by atoms with Crippen molar-refractivity contribution in [2.75, 3.05) is 4.31 Å². The molecule has 1 heterocycles. The Kier molecular flexibility index (Phi) is 5.01. The molecule has 29 heavy (non-hydrogen) atoms. The molecule has 0 fully saturated rings. The molecule has 0 bridgehead atoms. The largest absolute Gasteiger partial charge is 0.493 e. The highest BCUT2D eigenvalue weighted by molar-refractivity contribution is 7.91. The first kappa shape index (κ1) is 18.7. The lowest BCUT2D eigenvalue weighted by Gasteiger charge is -2.19. The predicted molar refractivity (Wildman–Crippen MR) is 109 cm³/mol. The van der Waals surface area contributed by atoms with E-state index in [0.29, 0.717) is 17.2 Å². The molecular weight excluding hydrogens is 392 g/mol. The van der Waals surface area contributed by atoms with Crippen molar-refractivity contribution in [1.29, 1.82) is 0 Å². The maximum Gasteiger partial charge on any atom is 0.330 e. The van der Waals surface area contributed by atoms with E-state index in [1.165, 1.54) is 0 Å². The summed E-state index contributed by atoms with van der Waals surface area (Å²) in [6.07, 6.45) is 1.08. The zero-order chi connectivity index (χ0) is 20.3. The Hall–Kier alpha value is -3.65. The minimum absolute atomic E-state index is 0.236. The molecule has 8 heteroatoms. The van der Waals surface area contributed by atoms with Crippen LogP contribution in [-0.4, -0.2) is 13.5 Å². The summed E-state index contributed by atoms with van der Waals surface area (Å²) in [7, 11) is -3.95. The molecule has 3 aromatic rings. The number of aliphatic hydroxyl groups excluding tert-OH is 1. The maximum absolute atomic E-state index is 12.3. The molecule has 4 rings (SSSR count). The van der Waals surface area contributed by atoms with Gasteiger partial charge in [0.2, 0.25) is 5.88 Å². The minimum atomic E-state index is -3.95. The summed E-state index contributed by atoms with van der Waals surface area (Å²) in [6, 6.07) is 23.5. The van der Waals surface area contributed by atoms with E-state index in [2.05, 4.69) is 0 Å². The van der Waals surface area contributed by atoms with Crippen LogP contribution in [-0.2, 0) is 16.8 Å². The van der Waals surface area contributed by atoms with E-state index in [9.17, 15) is 13.5 Å². The fourth-order valence-electron chi connectivity index (χ4n) is 2.80. The van der Waals surface area contributed by atoms with Crippen molar-refractivity contribution in [3.8, 4) is 17.2 Å². The highest BCUT2D eigenvalue weighted by Crippen LogP contribution is 2.37. The van der Waals surface area contributed by atoms with E-state index in [-0.39, 0.29) is 12.3 Å². The van der Waals surface area contributed by atoms with Crippen molar-refractivity contribution in [3.63, 3.8) is 0 Å². The Labute approximate surface area is 168 Å². The van der Waals surface area contributed by atoms with E-state index < -0.39 is 16.1 Å². The molecule has 0 unspecified atom stereocenters. The summed E-state index contributed by atoms with van der Waals surface area (Å²) in [5.74, 6) is 0.949. The molecule has 7 nitrogen and oxygen atoms in total. The number of nitrogens with one attached hydrogen (secondary N) is 1. The normalized spacial score (nSPS) is 14.8. The van der Waals surface area contributed by atoms with Crippen LogP contribution in [0.25, 0.3) is 0 Å². The van der Waals surface area contributed by atoms with Crippen molar-refractivity contribution in [2.45, 2.75) is 6.61 Å². The Morgan fingerprint density at radius 1 is 0.897 bits per heavy atom. The van der Waals surface area contributed by atoms with Gasteiger partial charge in [-0.15, -0.1) is 0 Å². The van der Waals surface area contributed by atoms with Gasteiger partial charge in [0.15, 0.2) is 0 Å². The summed E-state index contributed by atoms with van der Waals surface area (Å²) in [5, 5.41) is 9.61. The average Bonchev–Trinajstić information content (AvgIpc) is 3.00. The SMILES string of the molecule is O=S1(=O)NC(O)=CN1c1ccc(Oc2ccccc2)cc1OCc1ccccc1. The van der Waals surface area contributed by atoms with Gasteiger partial charge in [-0.05, 0) is 29.8 Å². The van der Waals surface area contributed by atoms with E-state index in [1.54, 1.807) is 18.2 Å². The van der Waals surface area contributed by atoms with Crippen LogP contribution in [0.3, 0.4) is 0 Å². The number of para-hydroxylation sites is 1. The van der Waals surface area contributed by atoms with Gasteiger partial charge in [-0.1, -0.05) is 48.5 Å². The number of nitrogens with zero attached hydrogens (tertiary/aromatic N) is 1. The fraction of sp³-hybridized carbons (Fsp3) is 0.0476. The van der Waals surface area contributed by atoms with Gasteiger partial charge in [0.1, 0.15) is 29.5 Å². The molecule has 0 saturated carbocycles. The highest BCUT2D eigenvalue weighted by atomic mass is 32.2. The number of benzene rings is 3. The van der Waals surface area contributed by atoms with Gasteiger partial charge in [-0.2, -0.15) is 8.42 Å². The second-order valence-electron chi connectivity index (χ2n) is 6.24. The third-order valence-corrected chi connectivity index (χ3v) is 5.40. The van der Waals surface area contributed by atoms with Crippen molar-refractivity contribution in [1.82, 2.24) is 4.72 Å². The molecule has 0 radical (unpaired) electrons. The molecule has 0 aliphatic carbocycles. The number of hydrogen-bond donors (Lipinski definition) is 2. The molecule has 3 aromatic carbocycles. The lowest BCUT2D eigenvalue weighted by Crippen LogP contribution is -2.29. The van der Waals surface area contributed by atoms with Crippen molar-refractivity contribution in [3.05, 3.63) is 96.5 Å². The topological polar surface area (TPSA) is 88.1 Å². The van der Waals surface area contributed by atoms with Crippen molar-refractivity contribution in [2.24, 2.45) is 0 Å². The standard InChI is InChI=1S/C21H18N2O5S/c24-21-14-23(29(25,26)22-21)19-12-11-18(28-17-9-5-2-6-10-17)13-20(19)27-15-16-7-3-1-4-8-16/h1-14,22,24H,15H2. The Bertz CT molecular complexity index is 1130. The van der Waals surface area contributed by atoms with Gasteiger partial charge in [0, 0.05) is 6.07 Å². The molecule has 0 amide bonds. The van der Waals surface area contributed by atoms with Gasteiger partial charge >= 0.3 is 10.2 Å². The first-order valence-corrected chi connectivity index (χ1v) is 10.2. The van der Waals surface area contributed by atoms with Crippen molar-refractivity contribution < 1.29 is 23.0 Å². The van der Waals surface area contributed by atoms with Crippen molar-refractivity contribution >= 4 is 15.9 Å². The van der Waals surface area contributed by atoms with Gasteiger partial charge in [-0.25, -0.2) is 9.03 Å². The average molecular weight is 410 g/mol. The lowest BCUT2D eigenvalue weighted by atomic mass is 10.2. The van der Waals surface area contributed by atoms with E-state index in [1.807, 2.05) is 65.4 Å². The molecule has 0 aromatic heterocycles. The molecule has 2 N–H and O–H groups in total. The maximum atomic E-state index is 12.3. The van der Waals surface area contributed by atoms with Crippen LogP contribution in [0.2, 0.25) is 0 Å². The van der Waals surface area contributed by atoms with Gasteiger partial charge < -0.3 is 14.6 Å². The van der Waals surface area contributed by atoms with Crippen LogP contribution >= 0.6 is 0 Å². The molecule has 1 aliphatic rings. The molecular formula is C21H18N2O5S. The van der Waals surface area contributed by atoms with Crippen LogP contribution in [0.1, 0.15) is 5.56 Å². The number of anilines is 1. The second-order valence-corrected chi connectivity index (χ2v) is 7.78. The lowest BCUT2D eigenvalue weighted by molar-refractivity contribution is 0.306. The fourth-order valence-corrected chi connectivity index (χ4v) is 3.87. The third-order valence-electron chi connectivity index (χ3n) is 4.12. The Morgan fingerprint density at radius 2 is 1.59 bits per heavy atom. The minimum Gasteiger partial charge on any atom is -0.493 e. The third kappa shape index (κ3) is 4.27. The smallest absolute Gasteiger partial charge is 0.330 e. The van der Waals surface area contributed by atoms with Crippen LogP contribution in [0.5, 0.6) is 17.2 Å². The molecule has 0 saturated heterocycles. The Balaban J connectivity index is 1.68. The number of hydrogen-bond acceptors (Lipinski definition) is 5. The van der Waals surface area contributed by atoms with Crippen LogP contribution in [0, 0.1) is 0 Å². The summed E-state index contributed by atoms with van der Waals surface area (Å²) < 4.78 is 39.3. The molecule has 148 valence electrons. The monoisotopic (exact) mass is 410 g/mol. The van der Waals surface area contributed by atoms with Crippen LogP contribution in [0.4, 0.5) is 5.69 Å². The quantitative estimate of drug-likeness (QED) is 0.640. The zero-order valence-electron chi connectivity index (χ0n) is 15.2. The summed E-state index contributed by atoms with van der Waals surface area (Å²) in [6.45, 7) is 0.236. The first-order chi connectivity index (χ1) is 14.0.